The topological polar surface area (TPSA) is 28.2 Å². The van der Waals surface area contributed by atoms with Gasteiger partial charge >= 0.3 is 0 Å². The average molecular weight is 262 g/mol. The smallest absolute Gasteiger partial charge is 0.0925 e. The van der Waals surface area contributed by atoms with E-state index in [0.717, 1.165) is 32.6 Å². The first-order valence-electron chi connectivity index (χ1n) is 5.67. The molecule has 0 radical (unpaired) electrons. The Kier molecular flexibility index (Phi) is 5.69. The predicted molar refractivity (Wildman–Crippen MR) is 71.5 cm³/mol. The van der Waals surface area contributed by atoms with E-state index in [9.17, 15) is 0 Å². The summed E-state index contributed by atoms with van der Waals surface area (Å²) in [5.74, 6) is 0. The fraction of sp³-hybridized carbons (Fsp3) is 0.727. The van der Waals surface area contributed by atoms with Crippen LogP contribution in [-0.4, -0.2) is 35.6 Å². The molecule has 0 saturated carbocycles. The van der Waals surface area contributed by atoms with E-state index in [1.165, 1.54) is 9.88 Å². The van der Waals surface area contributed by atoms with Crippen LogP contribution in [0.2, 0.25) is 0 Å². The van der Waals surface area contributed by atoms with Gasteiger partial charge in [-0.1, -0.05) is 6.92 Å². The molecule has 1 aliphatic rings. The van der Waals surface area contributed by atoms with Crippen molar-refractivity contribution in [2.75, 3.05) is 19.6 Å². The normalized spacial score (nSPS) is 21.8. The Bertz CT molecular complexity index is 316. The third-order valence-corrected chi connectivity index (χ3v) is 3.86. The highest BCUT2D eigenvalue weighted by atomic mass is 35.5. The minimum Gasteiger partial charge on any atom is -0.312 e. The molecular weight excluding hydrogens is 242 g/mol. The van der Waals surface area contributed by atoms with E-state index in [4.69, 9.17) is 0 Å². The summed E-state index contributed by atoms with van der Waals surface area (Å²) in [6.07, 6.45) is 3.10. The molecule has 0 unspecified atom stereocenters. The Morgan fingerprint density at radius 3 is 3.06 bits per heavy atom. The van der Waals surface area contributed by atoms with Gasteiger partial charge in [-0.15, -0.1) is 23.7 Å². The van der Waals surface area contributed by atoms with Crippen molar-refractivity contribution in [3.05, 3.63) is 16.1 Å². The molecule has 0 aromatic carbocycles. The van der Waals surface area contributed by atoms with Gasteiger partial charge in [-0.05, 0) is 13.3 Å². The van der Waals surface area contributed by atoms with Crippen LogP contribution < -0.4 is 5.32 Å². The maximum absolute atomic E-state index is 4.40. The second kappa shape index (κ2) is 6.55. The summed E-state index contributed by atoms with van der Waals surface area (Å²) in [6.45, 7) is 8.90. The molecule has 5 heteroatoms. The lowest BCUT2D eigenvalue weighted by Gasteiger charge is -2.31. The van der Waals surface area contributed by atoms with Crippen LogP contribution in [-0.2, 0) is 13.0 Å². The van der Waals surface area contributed by atoms with Gasteiger partial charge < -0.3 is 5.32 Å². The van der Waals surface area contributed by atoms with E-state index < -0.39 is 0 Å². The monoisotopic (exact) mass is 261 g/mol. The SMILES string of the molecule is CCc1ncc(CN2CCN[C@H](C)C2)s1.Cl. The Morgan fingerprint density at radius 2 is 2.44 bits per heavy atom. The fourth-order valence-corrected chi connectivity index (χ4v) is 2.87. The molecule has 0 bridgehead atoms. The molecule has 92 valence electrons. The molecule has 1 N–H and O–H groups in total. The molecule has 16 heavy (non-hydrogen) atoms. The summed E-state index contributed by atoms with van der Waals surface area (Å²) in [7, 11) is 0. The Hall–Kier alpha value is -0.160. The van der Waals surface area contributed by atoms with E-state index in [1.54, 1.807) is 0 Å². The Balaban J connectivity index is 0.00000128. The Morgan fingerprint density at radius 1 is 1.62 bits per heavy atom. The van der Waals surface area contributed by atoms with Crippen molar-refractivity contribution in [2.24, 2.45) is 0 Å². The first-order valence-corrected chi connectivity index (χ1v) is 6.49. The van der Waals surface area contributed by atoms with Crippen molar-refractivity contribution < 1.29 is 0 Å². The molecule has 1 aromatic heterocycles. The van der Waals surface area contributed by atoms with Crippen molar-refractivity contribution in [3.8, 4) is 0 Å². The number of halogens is 1. The lowest BCUT2D eigenvalue weighted by molar-refractivity contribution is 0.201. The zero-order valence-electron chi connectivity index (χ0n) is 9.90. The van der Waals surface area contributed by atoms with Crippen molar-refractivity contribution >= 4 is 23.7 Å². The number of aromatic nitrogens is 1. The van der Waals surface area contributed by atoms with Crippen molar-refractivity contribution in [1.82, 2.24) is 15.2 Å². The molecule has 0 aliphatic carbocycles. The second-order valence-corrected chi connectivity index (χ2v) is 5.36. The van der Waals surface area contributed by atoms with Gasteiger partial charge in [0.15, 0.2) is 0 Å². The van der Waals surface area contributed by atoms with Crippen LogP contribution in [0.3, 0.4) is 0 Å². The molecule has 0 amide bonds. The first kappa shape index (κ1) is 13.9. The van der Waals surface area contributed by atoms with Crippen LogP contribution in [0.15, 0.2) is 6.20 Å². The predicted octanol–water partition coefficient (Wildman–Crippen LogP) is 1.92. The van der Waals surface area contributed by atoms with Gasteiger partial charge in [-0.25, -0.2) is 4.98 Å². The standard InChI is InChI=1S/C11H19N3S.ClH/c1-3-11-13-6-10(15-11)8-14-5-4-12-9(2)7-14;/h6,9,12H,3-5,7-8H2,1-2H3;1H/t9-;/m1./s1. The van der Waals surface area contributed by atoms with Crippen LogP contribution in [0.25, 0.3) is 0 Å². The van der Waals surface area contributed by atoms with E-state index in [0.29, 0.717) is 6.04 Å². The molecule has 1 atom stereocenters. The van der Waals surface area contributed by atoms with Crippen LogP contribution in [0.5, 0.6) is 0 Å². The summed E-state index contributed by atoms with van der Waals surface area (Å²) in [6, 6.07) is 0.623. The lowest BCUT2D eigenvalue weighted by Crippen LogP contribution is -2.48. The summed E-state index contributed by atoms with van der Waals surface area (Å²) >= 11 is 1.85. The maximum Gasteiger partial charge on any atom is 0.0925 e. The van der Waals surface area contributed by atoms with Crippen molar-refractivity contribution in [1.29, 1.82) is 0 Å². The minimum absolute atomic E-state index is 0. The third-order valence-electron chi connectivity index (χ3n) is 2.74. The number of thiazole rings is 1. The lowest BCUT2D eigenvalue weighted by atomic mass is 10.2. The second-order valence-electron chi connectivity index (χ2n) is 4.16. The molecule has 1 saturated heterocycles. The van der Waals surface area contributed by atoms with Gasteiger partial charge in [0.1, 0.15) is 0 Å². The summed E-state index contributed by atoms with van der Waals surface area (Å²) < 4.78 is 0. The van der Waals surface area contributed by atoms with Crippen LogP contribution >= 0.6 is 23.7 Å². The van der Waals surface area contributed by atoms with Gasteiger partial charge in [0.2, 0.25) is 0 Å². The van der Waals surface area contributed by atoms with Crippen LogP contribution in [0, 0.1) is 0 Å². The third kappa shape index (κ3) is 3.70. The van der Waals surface area contributed by atoms with Gasteiger partial charge in [0.05, 0.1) is 5.01 Å². The quantitative estimate of drug-likeness (QED) is 0.901. The number of aryl methyl sites for hydroxylation is 1. The number of hydrogen-bond acceptors (Lipinski definition) is 4. The fourth-order valence-electron chi connectivity index (χ4n) is 1.96. The molecule has 2 rings (SSSR count). The molecular formula is C11H20ClN3S. The number of rotatable bonds is 3. The molecule has 1 fully saturated rings. The number of nitrogens with zero attached hydrogens (tertiary/aromatic N) is 2. The van der Waals surface area contributed by atoms with Gasteiger partial charge in [-0.2, -0.15) is 0 Å². The Labute approximate surface area is 108 Å². The zero-order chi connectivity index (χ0) is 10.7. The van der Waals surface area contributed by atoms with Gasteiger partial charge in [0.25, 0.3) is 0 Å². The number of hydrogen-bond donors (Lipinski definition) is 1. The molecule has 0 spiro atoms. The summed E-state index contributed by atoms with van der Waals surface area (Å²) in [4.78, 5) is 8.31. The maximum atomic E-state index is 4.40. The van der Waals surface area contributed by atoms with E-state index >= 15 is 0 Å². The molecule has 3 nitrogen and oxygen atoms in total. The number of nitrogens with one attached hydrogen (secondary N) is 1. The van der Waals surface area contributed by atoms with Crippen LogP contribution in [0.1, 0.15) is 23.7 Å². The van der Waals surface area contributed by atoms with Gasteiger partial charge in [-0.3, -0.25) is 4.90 Å². The average Bonchev–Trinajstić information content (AvgIpc) is 2.65. The molecule has 1 aromatic rings. The first-order chi connectivity index (χ1) is 7.28. The summed E-state index contributed by atoms with van der Waals surface area (Å²) in [5.41, 5.74) is 0. The van der Waals surface area contributed by atoms with Gasteiger partial charge in [0, 0.05) is 43.3 Å². The van der Waals surface area contributed by atoms with E-state index in [-0.39, 0.29) is 12.4 Å². The largest absolute Gasteiger partial charge is 0.312 e. The highest BCUT2D eigenvalue weighted by Crippen LogP contribution is 2.16. The number of piperazine rings is 1. The van der Waals surface area contributed by atoms with Crippen molar-refractivity contribution in [3.63, 3.8) is 0 Å². The molecule has 1 aliphatic heterocycles. The van der Waals surface area contributed by atoms with E-state index in [1.807, 2.05) is 17.5 Å². The van der Waals surface area contributed by atoms with Crippen molar-refractivity contribution in [2.45, 2.75) is 32.9 Å². The van der Waals surface area contributed by atoms with E-state index in [2.05, 4.69) is 29.0 Å². The minimum atomic E-state index is 0. The summed E-state index contributed by atoms with van der Waals surface area (Å²) in [5, 5.41) is 4.72. The highest BCUT2D eigenvalue weighted by molar-refractivity contribution is 7.11. The van der Waals surface area contributed by atoms with Crippen LogP contribution in [0.4, 0.5) is 0 Å². The zero-order valence-corrected chi connectivity index (χ0v) is 11.5. The molecule has 2 heterocycles. The highest BCUT2D eigenvalue weighted by Gasteiger charge is 2.16.